The third-order valence-corrected chi connectivity index (χ3v) is 4.90. The number of hydrogen-bond acceptors (Lipinski definition) is 10. The van der Waals surface area contributed by atoms with Crippen LogP contribution in [0.5, 0.6) is 11.5 Å². The van der Waals surface area contributed by atoms with Gasteiger partial charge >= 0.3 is 0 Å². The second kappa shape index (κ2) is 7.79. The van der Waals surface area contributed by atoms with Crippen molar-refractivity contribution in [3.8, 4) is 11.5 Å². The number of anilines is 1. The third-order valence-electron chi connectivity index (χ3n) is 4.90. The summed E-state index contributed by atoms with van der Waals surface area (Å²) in [5.74, 6) is 0.127. The largest absolute Gasteiger partial charge is 0.504 e. The summed E-state index contributed by atoms with van der Waals surface area (Å²) in [6, 6.07) is 4.63. The van der Waals surface area contributed by atoms with Gasteiger partial charge in [-0.05, 0) is 24.1 Å². The molecule has 1 unspecified atom stereocenters. The zero-order valence-corrected chi connectivity index (χ0v) is 15.3. The number of rotatable bonds is 6. The molecule has 154 valence electrons. The lowest BCUT2D eigenvalue weighted by Gasteiger charge is -2.16. The van der Waals surface area contributed by atoms with E-state index in [4.69, 9.17) is 4.74 Å². The van der Waals surface area contributed by atoms with E-state index in [1.807, 2.05) is 0 Å². The molecule has 29 heavy (non-hydrogen) atoms. The van der Waals surface area contributed by atoms with Crippen LogP contribution in [-0.4, -0.2) is 76.5 Å². The number of phenols is 2. The first-order chi connectivity index (χ1) is 14.0. The van der Waals surface area contributed by atoms with E-state index in [1.54, 1.807) is 6.07 Å². The highest BCUT2D eigenvalue weighted by Crippen LogP contribution is 2.32. The number of phenolic OH excluding ortho intramolecular Hbond substituents is 2. The van der Waals surface area contributed by atoms with Crippen molar-refractivity contribution in [2.75, 3.05) is 18.5 Å². The van der Waals surface area contributed by atoms with Crippen molar-refractivity contribution in [1.29, 1.82) is 0 Å². The molecular weight excluding hydrogens is 382 g/mol. The number of benzene rings is 1. The second-order valence-electron chi connectivity index (χ2n) is 6.78. The minimum Gasteiger partial charge on any atom is -0.504 e. The number of aromatic hydroxyl groups is 2. The molecule has 1 saturated heterocycles. The third kappa shape index (κ3) is 3.56. The van der Waals surface area contributed by atoms with E-state index in [-0.39, 0.29) is 11.5 Å². The van der Waals surface area contributed by atoms with Crippen molar-refractivity contribution in [1.82, 2.24) is 19.5 Å². The Labute approximate surface area is 164 Å². The highest BCUT2D eigenvalue weighted by atomic mass is 16.6. The first-order valence-corrected chi connectivity index (χ1v) is 9.04. The average Bonchev–Trinajstić information content (AvgIpc) is 3.26. The standard InChI is InChI=1S/C18H21N5O6/c24-6-12-14(27)15(28)18(29-12)23-8-22-13-16(20-7-21-17(13)23)19-4-3-9-1-2-10(25)11(26)5-9/h1-2,5,7-8,12,14-15,18,24-28H,3-4,6H2,(H,19,20,21)/t12-,14?,15+,18-/m1/s1. The molecule has 0 aliphatic carbocycles. The predicted molar refractivity (Wildman–Crippen MR) is 100 cm³/mol. The van der Waals surface area contributed by atoms with Crippen LogP contribution in [-0.2, 0) is 11.2 Å². The molecule has 6 N–H and O–H groups in total. The minimum absolute atomic E-state index is 0.172. The summed E-state index contributed by atoms with van der Waals surface area (Å²) < 4.78 is 7.03. The van der Waals surface area contributed by atoms with Crippen molar-refractivity contribution in [3.05, 3.63) is 36.4 Å². The molecule has 0 amide bonds. The maximum Gasteiger partial charge on any atom is 0.167 e. The van der Waals surface area contributed by atoms with E-state index in [9.17, 15) is 25.5 Å². The quantitative estimate of drug-likeness (QED) is 0.295. The number of imidazole rings is 1. The normalized spacial score (nSPS) is 24.2. The summed E-state index contributed by atoms with van der Waals surface area (Å²) in [6.07, 6.45) is -0.945. The van der Waals surface area contributed by atoms with Crippen LogP contribution in [0.3, 0.4) is 0 Å². The van der Waals surface area contributed by atoms with Gasteiger partial charge in [-0.25, -0.2) is 15.0 Å². The molecule has 0 radical (unpaired) electrons. The van der Waals surface area contributed by atoms with Crippen LogP contribution in [0.25, 0.3) is 11.2 Å². The van der Waals surface area contributed by atoms with Crippen molar-refractivity contribution in [2.45, 2.75) is 31.0 Å². The van der Waals surface area contributed by atoms with Gasteiger partial charge in [-0.3, -0.25) is 4.57 Å². The van der Waals surface area contributed by atoms with E-state index >= 15 is 0 Å². The van der Waals surface area contributed by atoms with Crippen LogP contribution in [0.15, 0.2) is 30.9 Å². The Balaban J connectivity index is 1.51. The van der Waals surface area contributed by atoms with Crippen molar-refractivity contribution < 1.29 is 30.3 Å². The van der Waals surface area contributed by atoms with Crippen LogP contribution in [0.1, 0.15) is 11.8 Å². The Kier molecular flexibility index (Phi) is 5.20. The lowest BCUT2D eigenvalue weighted by molar-refractivity contribution is -0.0511. The lowest BCUT2D eigenvalue weighted by atomic mass is 10.1. The monoisotopic (exact) mass is 403 g/mol. The van der Waals surface area contributed by atoms with Crippen LogP contribution in [0.4, 0.5) is 5.82 Å². The highest BCUT2D eigenvalue weighted by Gasteiger charge is 2.44. The first-order valence-electron chi connectivity index (χ1n) is 9.04. The van der Waals surface area contributed by atoms with Crippen molar-refractivity contribution in [2.24, 2.45) is 0 Å². The number of ether oxygens (including phenoxy) is 1. The molecule has 1 fully saturated rings. The minimum atomic E-state index is -1.24. The first kappa shape index (κ1) is 19.3. The number of fused-ring (bicyclic) bond motifs is 1. The smallest absolute Gasteiger partial charge is 0.167 e. The fourth-order valence-corrected chi connectivity index (χ4v) is 3.33. The van der Waals surface area contributed by atoms with Crippen molar-refractivity contribution >= 4 is 17.0 Å². The van der Waals surface area contributed by atoms with Crippen molar-refractivity contribution in [3.63, 3.8) is 0 Å². The average molecular weight is 403 g/mol. The number of aromatic nitrogens is 4. The number of aliphatic hydroxyl groups is 3. The van der Waals surface area contributed by atoms with Crippen LogP contribution in [0, 0.1) is 0 Å². The molecule has 11 heteroatoms. The molecule has 0 bridgehead atoms. The van der Waals surface area contributed by atoms with Gasteiger partial charge in [0.15, 0.2) is 34.7 Å². The summed E-state index contributed by atoms with van der Waals surface area (Å²) in [5, 5.41) is 51.6. The van der Waals surface area contributed by atoms with E-state index in [0.717, 1.165) is 5.56 Å². The Morgan fingerprint density at radius 3 is 2.62 bits per heavy atom. The van der Waals surface area contributed by atoms with Gasteiger partial charge in [-0.1, -0.05) is 6.07 Å². The summed E-state index contributed by atoms with van der Waals surface area (Å²) in [6.45, 7) is 0.0625. The summed E-state index contributed by atoms with van der Waals surface area (Å²) >= 11 is 0. The summed E-state index contributed by atoms with van der Waals surface area (Å²) in [5.41, 5.74) is 1.69. The molecule has 1 aliphatic heterocycles. The Bertz CT molecular complexity index is 1010. The zero-order chi connectivity index (χ0) is 20.5. The number of hydrogen-bond donors (Lipinski definition) is 6. The Morgan fingerprint density at radius 2 is 1.90 bits per heavy atom. The van der Waals surface area contributed by atoms with Crippen LogP contribution < -0.4 is 5.32 Å². The van der Waals surface area contributed by atoms with Gasteiger partial charge in [-0.2, -0.15) is 0 Å². The summed E-state index contributed by atoms with van der Waals surface area (Å²) in [4.78, 5) is 12.7. The van der Waals surface area contributed by atoms with Gasteiger partial charge in [0.1, 0.15) is 24.6 Å². The molecule has 2 aromatic heterocycles. The number of nitrogens with one attached hydrogen (secondary N) is 1. The molecule has 1 aromatic carbocycles. The molecule has 4 rings (SSSR count). The topological polar surface area (TPSA) is 166 Å². The van der Waals surface area contributed by atoms with Crippen LogP contribution in [0.2, 0.25) is 0 Å². The van der Waals surface area contributed by atoms with E-state index in [1.165, 1.54) is 29.4 Å². The molecule has 0 spiro atoms. The zero-order valence-electron chi connectivity index (χ0n) is 15.3. The molecule has 4 atom stereocenters. The van der Waals surface area contributed by atoms with Gasteiger partial charge < -0.3 is 35.6 Å². The molecular formula is C18H21N5O6. The fraction of sp³-hybridized carbons (Fsp3) is 0.389. The van der Waals surface area contributed by atoms with Gasteiger partial charge in [0.2, 0.25) is 0 Å². The van der Waals surface area contributed by atoms with Gasteiger partial charge in [0.05, 0.1) is 12.9 Å². The van der Waals surface area contributed by atoms with Gasteiger partial charge in [0, 0.05) is 6.54 Å². The Hall–Kier alpha value is -2.99. The van der Waals surface area contributed by atoms with E-state index in [0.29, 0.717) is 29.9 Å². The maximum absolute atomic E-state index is 10.2. The number of nitrogens with zero attached hydrogens (tertiary/aromatic N) is 4. The lowest BCUT2D eigenvalue weighted by Crippen LogP contribution is -2.33. The summed E-state index contributed by atoms with van der Waals surface area (Å²) in [7, 11) is 0. The molecule has 1 aliphatic rings. The molecule has 0 saturated carbocycles. The van der Waals surface area contributed by atoms with Gasteiger partial charge in [-0.15, -0.1) is 0 Å². The fourth-order valence-electron chi connectivity index (χ4n) is 3.33. The molecule has 3 heterocycles. The molecule has 11 nitrogen and oxygen atoms in total. The van der Waals surface area contributed by atoms with Crippen LogP contribution >= 0.6 is 0 Å². The molecule has 3 aromatic rings. The second-order valence-corrected chi connectivity index (χ2v) is 6.78. The highest BCUT2D eigenvalue weighted by molar-refractivity contribution is 5.82. The predicted octanol–water partition coefficient (Wildman–Crippen LogP) is -0.496. The van der Waals surface area contributed by atoms with E-state index in [2.05, 4.69) is 20.3 Å². The van der Waals surface area contributed by atoms with Gasteiger partial charge in [0.25, 0.3) is 0 Å². The number of aliphatic hydroxyl groups excluding tert-OH is 3. The van der Waals surface area contributed by atoms with E-state index < -0.39 is 31.1 Å². The Morgan fingerprint density at radius 1 is 1.07 bits per heavy atom. The SMILES string of the molecule is OC[C@H]1O[C@@H](n2cnc3c(NCCc4ccc(O)c(O)c4)ncnc32)[C@@H](O)C1O. The maximum atomic E-state index is 10.2.